The minimum atomic E-state index is -0.444. The van der Waals surface area contributed by atoms with Gasteiger partial charge in [-0.2, -0.15) is 5.26 Å². The van der Waals surface area contributed by atoms with Crippen molar-refractivity contribution in [3.8, 4) is 11.8 Å². The largest absolute Gasteiger partial charge is 0.494 e. The first kappa shape index (κ1) is 48.6. The average molecular weight is 770 g/mol. The second-order valence-electron chi connectivity index (χ2n) is 16.1. The highest BCUT2D eigenvalue weighted by Gasteiger charge is 2.25. The zero-order valence-electron chi connectivity index (χ0n) is 35.9. The van der Waals surface area contributed by atoms with Crippen LogP contribution in [0.5, 0.6) is 5.75 Å². The number of nitrogens with zero attached hydrogens (tertiary/aromatic N) is 1. The van der Waals surface area contributed by atoms with Crippen LogP contribution in [0.4, 0.5) is 0 Å². The minimum absolute atomic E-state index is 0.00191. The Morgan fingerprint density at radius 1 is 0.625 bits per heavy atom. The van der Waals surface area contributed by atoms with E-state index in [0.717, 1.165) is 74.8 Å². The van der Waals surface area contributed by atoms with E-state index >= 15 is 0 Å². The standard InChI is InChI=1S/C50H79N3O3/c1-4-6-7-8-9-10-11-12-13-14-15-16-18-21-24-27-40-52-50(55)49(43(3)5-2)53-48(54)29-26-23-20-17-19-22-25-28-41-56-47-38-36-45(37-39-47)31-30-44-32-34-46(42-51)35-33-44/h30-39,43,49H,4-29,40-41H2,1-3H3,(H,52,55)(H,53,54)/b31-30+/t43-,49-/m0/s1. The Balaban J connectivity index is 1.42. The van der Waals surface area contributed by atoms with Crippen LogP contribution in [0.15, 0.2) is 48.5 Å². The van der Waals surface area contributed by atoms with Crippen LogP contribution in [-0.2, 0) is 9.59 Å². The molecule has 0 bridgehead atoms. The molecule has 0 radical (unpaired) electrons. The fraction of sp³-hybridized carbons (Fsp3) is 0.660. The lowest BCUT2D eigenvalue weighted by atomic mass is 9.97. The molecule has 2 N–H and O–H groups in total. The molecule has 0 aliphatic carbocycles. The molecule has 0 fully saturated rings. The van der Waals surface area contributed by atoms with E-state index in [9.17, 15) is 9.59 Å². The van der Waals surface area contributed by atoms with Crippen LogP contribution in [0.3, 0.4) is 0 Å². The third-order valence-electron chi connectivity index (χ3n) is 11.1. The number of hydrogen-bond acceptors (Lipinski definition) is 4. The van der Waals surface area contributed by atoms with Crippen LogP contribution < -0.4 is 15.4 Å². The van der Waals surface area contributed by atoms with E-state index in [-0.39, 0.29) is 17.7 Å². The zero-order valence-corrected chi connectivity index (χ0v) is 35.9. The Morgan fingerprint density at radius 3 is 1.55 bits per heavy atom. The summed E-state index contributed by atoms with van der Waals surface area (Å²) in [5.41, 5.74) is 2.84. The summed E-state index contributed by atoms with van der Waals surface area (Å²) in [7, 11) is 0. The molecule has 312 valence electrons. The Labute approximate surface area is 343 Å². The molecular weight excluding hydrogens is 691 g/mol. The lowest BCUT2D eigenvalue weighted by Crippen LogP contribution is -2.50. The van der Waals surface area contributed by atoms with Gasteiger partial charge in [-0.25, -0.2) is 0 Å². The number of nitriles is 1. The summed E-state index contributed by atoms with van der Waals surface area (Å²) in [5, 5.41) is 15.1. The van der Waals surface area contributed by atoms with Crippen molar-refractivity contribution >= 4 is 24.0 Å². The number of carbonyl (C=O) groups excluding carboxylic acids is 2. The van der Waals surface area contributed by atoms with E-state index in [2.05, 4.69) is 55.7 Å². The maximum Gasteiger partial charge on any atom is 0.242 e. The number of hydrogen-bond donors (Lipinski definition) is 2. The van der Waals surface area contributed by atoms with Crippen LogP contribution in [-0.4, -0.2) is 31.0 Å². The lowest BCUT2D eigenvalue weighted by Gasteiger charge is -2.23. The molecule has 0 saturated carbocycles. The van der Waals surface area contributed by atoms with Gasteiger partial charge in [0.15, 0.2) is 0 Å². The molecule has 2 atom stereocenters. The van der Waals surface area contributed by atoms with Gasteiger partial charge in [0, 0.05) is 13.0 Å². The Bertz CT molecular complexity index is 1330. The Morgan fingerprint density at radius 2 is 1.07 bits per heavy atom. The summed E-state index contributed by atoms with van der Waals surface area (Å²) >= 11 is 0. The number of ether oxygens (including phenoxy) is 1. The molecule has 2 aromatic carbocycles. The molecule has 0 saturated heterocycles. The molecule has 6 nitrogen and oxygen atoms in total. The van der Waals surface area contributed by atoms with Crippen molar-refractivity contribution < 1.29 is 14.3 Å². The monoisotopic (exact) mass is 770 g/mol. The topological polar surface area (TPSA) is 91.2 Å². The molecule has 6 heteroatoms. The van der Waals surface area contributed by atoms with Gasteiger partial charge in [0.25, 0.3) is 0 Å². The Kier molecular flexibility index (Phi) is 29.1. The van der Waals surface area contributed by atoms with Crippen molar-refractivity contribution in [2.45, 2.75) is 194 Å². The molecular formula is C50H79N3O3. The molecule has 0 unspecified atom stereocenters. The third kappa shape index (κ3) is 24.8. The first-order valence-corrected chi connectivity index (χ1v) is 22.9. The van der Waals surface area contributed by atoms with Crippen LogP contribution in [0.25, 0.3) is 12.2 Å². The van der Waals surface area contributed by atoms with Gasteiger partial charge in [-0.15, -0.1) is 0 Å². The molecule has 2 amide bonds. The molecule has 2 aromatic rings. The number of rotatable bonds is 35. The van der Waals surface area contributed by atoms with Gasteiger partial charge in [-0.05, 0) is 60.6 Å². The highest BCUT2D eigenvalue weighted by atomic mass is 16.5. The van der Waals surface area contributed by atoms with Gasteiger partial charge in [-0.1, -0.05) is 198 Å². The maximum absolute atomic E-state index is 13.0. The predicted molar refractivity (Wildman–Crippen MR) is 238 cm³/mol. The summed E-state index contributed by atoms with van der Waals surface area (Å²) < 4.78 is 5.94. The summed E-state index contributed by atoms with van der Waals surface area (Å²) in [5.74, 6) is 0.986. The molecule has 56 heavy (non-hydrogen) atoms. The first-order chi connectivity index (χ1) is 27.5. The van der Waals surface area contributed by atoms with Crippen LogP contribution >= 0.6 is 0 Å². The summed E-state index contributed by atoms with van der Waals surface area (Å²) in [4.78, 5) is 25.8. The fourth-order valence-corrected chi connectivity index (χ4v) is 7.12. The van der Waals surface area contributed by atoms with Gasteiger partial charge in [0.1, 0.15) is 11.8 Å². The fourth-order valence-electron chi connectivity index (χ4n) is 7.12. The normalized spacial score (nSPS) is 12.3. The second-order valence-corrected chi connectivity index (χ2v) is 16.1. The van der Waals surface area contributed by atoms with E-state index in [4.69, 9.17) is 10.00 Å². The van der Waals surface area contributed by atoms with Crippen molar-refractivity contribution in [1.82, 2.24) is 10.6 Å². The van der Waals surface area contributed by atoms with Crippen molar-refractivity contribution in [3.63, 3.8) is 0 Å². The van der Waals surface area contributed by atoms with Gasteiger partial charge < -0.3 is 15.4 Å². The van der Waals surface area contributed by atoms with E-state index in [1.807, 2.05) is 42.5 Å². The van der Waals surface area contributed by atoms with Crippen molar-refractivity contribution in [1.29, 1.82) is 5.26 Å². The van der Waals surface area contributed by atoms with E-state index in [1.54, 1.807) is 0 Å². The SMILES string of the molecule is CCCCCCCCCCCCCCCCCCNC(=O)[C@@H](NC(=O)CCCCCCCCCCOc1ccc(/C=C/c2ccc(C#N)cc2)cc1)[C@@H](C)CC. The minimum Gasteiger partial charge on any atom is -0.494 e. The van der Waals surface area contributed by atoms with Gasteiger partial charge >= 0.3 is 0 Å². The van der Waals surface area contributed by atoms with Crippen molar-refractivity contribution in [2.24, 2.45) is 5.92 Å². The van der Waals surface area contributed by atoms with Gasteiger partial charge in [0.05, 0.1) is 18.2 Å². The van der Waals surface area contributed by atoms with Crippen LogP contribution in [0, 0.1) is 17.2 Å². The quantitative estimate of drug-likeness (QED) is 0.0539. The third-order valence-corrected chi connectivity index (χ3v) is 11.1. The van der Waals surface area contributed by atoms with E-state index < -0.39 is 6.04 Å². The molecule has 0 spiro atoms. The molecule has 0 aromatic heterocycles. The van der Waals surface area contributed by atoms with Crippen LogP contribution in [0.2, 0.25) is 0 Å². The molecule has 2 rings (SSSR count). The molecule has 0 aliphatic rings. The number of unbranched alkanes of at least 4 members (excludes halogenated alkanes) is 22. The Hall–Kier alpha value is -3.59. The maximum atomic E-state index is 13.0. The summed E-state index contributed by atoms with van der Waals surface area (Å²) in [6.45, 7) is 7.85. The van der Waals surface area contributed by atoms with Gasteiger partial charge in [-0.3, -0.25) is 9.59 Å². The summed E-state index contributed by atoms with van der Waals surface area (Å²) in [6.07, 6.45) is 35.8. The highest BCUT2D eigenvalue weighted by Crippen LogP contribution is 2.18. The zero-order chi connectivity index (χ0) is 40.3. The highest BCUT2D eigenvalue weighted by molar-refractivity contribution is 5.87. The number of benzene rings is 2. The summed E-state index contributed by atoms with van der Waals surface area (Å²) in [6, 6.07) is 17.4. The lowest BCUT2D eigenvalue weighted by molar-refractivity contribution is -0.130. The second kappa shape index (κ2) is 33.5. The molecule has 0 heterocycles. The van der Waals surface area contributed by atoms with E-state index in [0.29, 0.717) is 18.5 Å². The predicted octanol–water partition coefficient (Wildman–Crippen LogP) is 13.5. The number of carbonyl (C=O) groups is 2. The smallest absolute Gasteiger partial charge is 0.242 e. The van der Waals surface area contributed by atoms with Crippen LogP contribution in [0.1, 0.15) is 204 Å². The van der Waals surface area contributed by atoms with E-state index in [1.165, 1.54) is 109 Å². The van der Waals surface area contributed by atoms with Crippen molar-refractivity contribution in [2.75, 3.05) is 13.2 Å². The van der Waals surface area contributed by atoms with Crippen molar-refractivity contribution in [3.05, 3.63) is 65.2 Å². The average Bonchev–Trinajstić information content (AvgIpc) is 3.22. The number of nitrogens with one attached hydrogen (secondary N) is 2. The molecule has 0 aliphatic heterocycles. The van der Waals surface area contributed by atoms with Gasteiger partial charge in [0.2, 0.25) is 11.8 Å². The number of amides is 2. The first-order valence-electron chi connectivity index (χ1n) is 22.9.